The largest absolute Gasteiger partial charge is 0.328 e. The average Bonchev–Trinajstić information content (AvgIpc) is 2.55. The lowest BCUT2D eigenvalue weighted by Gasteiger charge is -2.27. The second-order valence-corrected chi connectivity index (χ2v) is 5.69. The Morgan fingerprint density at radius 3 is 2.57 bits per heavy atom. The van der Waals surface area contributed by atoms with Crippen molar-refractivity contribution in [1.82, 2.24) is 5.32 Å². The first-order chi connectivity index (χ1) is 10.4. The lowest BCUT2D eigenvalue weighted by molar-refractivity contribution is -0.108. The number of nitrogens with one attached hydrogen (secondary N) is 1. The van der Waals surface area contributed by atoms with Gasteiger partial charge in [0.05, 0.1) is 0 Å². The van der Waals surface area contributed by atoms with Crippen LogP contribution in [0.3, 0.4) is 0 Å². The molecule has 2 nitrogen and oxygen atoms in total. The van der Waals surface area contributed by atoms with Gasteiger partial charge in [0.1, 0.15) is 0 Å². The van der Waals surface area contributed by atoms with Crippen molar-refractivity contribution in [3.8, 4) is 11.1 Å². The van der Waals surface area contributed by atoms with Crippen LogP contribution in [0.4, 0.5) is 0 Å². The van der Waals surface area contributed by atoms with Gasteiger partial charge in [0, 0.05) is 11.3 Å². The monoisotopic (exact) mass is 275 g/mol. The number of aryl methyl sites for hydroxylation is 1. The molecule has 2 aromatic rings. The van der Waals surface area contributed by atoms with Gasteiger partial charge in [-0.25, -0.2) is 0 Å². The van der Waals surface area contributed by atoms with Crippen LogP contribution in [0.2, 0.25) is 0 Å². The van der Waals surface area contributed by atoms with Crippen LogP contribution in [0.1, 0.15) is 28.7 Å². The Morgan fingerprint density at radius 2 is 1.67 bits per heavy atom. The smallest absolute Gasteiger partial charge is 0.211 e. The molecule has 0 unspecified atom stereocenters. The van der Waals surface area contributed by atoms with Crippen LogP contribution in [0.25, 0.3) is 16.8 Å². The molecule has 2 aromatic carbocycles. The zero-order valence-corrected chi connectivity index (χ0v) is 11.9. The van der Waals surface area contributed by atoms with Crippen LogP contribution >= 0.6 is 0 Å². The van der Waals surface area contributed by atoms with Crippen LogP contribution in [0, 0.1) is 0 Å². The van der Waals surface area contributed by atoms with Crippen molar-refractivity contribution < 1.29 is 4.79 Å². The zero-order valence-electron chi connectivity index (χ0n) is 11.9. The van der Waals surface area contributed by atoms with Crippen LogP contribution in [-0.2, 0) is 24.1 Å². The maximum Gasteiger partial charge on any atom is 0.211 e. The van der Waals surface area contributed by atoms with Crippen LogP contribution in [0.5, 0.6) is 0 Å². The number of rotatable bonds is 2. The van der Waals surface area contributed by atoms with Crippen molar-refractivity contribution >= 4 is 12.1 Å². The summed E-state index contributed by atoms with van der Waals surface area (Å²) in [5.41, 5.74) is 9.27. The molecule has 0 radical (unpaired) electrons. The minimum absolute atomic E-state index is 0.773. The molecule has 1 amide bonds. The van der Waals surface area contributed by atoms with Gasteiger partial charge >= 0.3 is 0 Å². The van der Waals surface area contributed by atoms with Crippen molar-refractivity contribution in [2.45, 2.75) is 25.7 Å². The number of hydrogen-bond donors (Lipinski definition) is 1. The van der Waals surface area contributed by atoms with E-state index in [1.165, 1.54) is 33.4 Å². The summed E-state index contributed by atoms with van der Waals surface area (Å²) in [6.07, 6.45) is 7.19. The van der Waals surface area contributed by atoms with E-state index in [9.17, 15) is 4.79 Å². The molecule has 0 fully saturated rings. The third kappa shape index (κ3) is 1.90. The molecule has 21 heavy (non-hydrogen) atoms. The van der Waals surface area contributed by atoms with Gasteiger partial charge in [-0.15, -0.1) is 0 Å². The summed E-state index contributed by atoms with van der Waals surface area (Å²) in [4.78, 5) is 10.8. The summed E-state index contributed by atoms with van der Waals surface area (Å²) < 4.78 is 0. The highest BCUT2D eigenvalue weighted by Crippen LogP contribution is 2.39. The van der Waals surface area contributed by atoms with Crippen LogP contribution < -0.4 is 5.32 Å². The first kappa shape index (κ1) is 12.4. The zero-order chi connectivity index (χ0) is 14.2. The van der Waals surface area contributed by atoms with Gasteiger partial charge in [0.2, 0.25) is 6.41 Å². The Hall–Kier alpha value is -2.35. The topological polar surface area (TPSA) is 29.1 Å². The normalized spacial score (nSPS) is 15.3. The maximum atomic E-state index is 10.8. The van der Waals surface area contributed by atoms with Gasteiger partial charge in [-0.2, -0.15) is 0 Å². The van der Waals surface area contributed by atoms with E-state index in [0.29, 0.717) is 0 Å². The molecule has 2 aliphatic rings. The number of amides is 1. The van der Waals surface area contributed by atoms with E-state index < -0.39 is 0 Å². The highest BCUT2D eigenvalue weighted by Gasteiger charge is 2.22. The Bertz CT molecular complexity index is 758. The standard InChI is InChI=1S/C19H17NO/c21-12-20-19-7-3-6-15-17-9-8-13-4-1-2-5-14(13)16(17)10-11-18(15)19/h1-2,4-5,7,10-12H,3,6,8-9H2,(H,20,21). The summed E-state index contributed by atoms with van der Waals surface area (Å²) in [5.74, 6) is 0. The lowest BCUT2D eigenvalue weighted by atomic mass is 9.79. The summed E-state index contributed by atoms with van der Waals surface area (Å²) >= 11 is 0. The minimum atomic E-state index is 0.773. The molecule has 0 bridgehead atoms. The fourth-order valence-electron chi connectivity index (χ4n) is 3.70. The Morgan fingerprint density at radius 1 is 0.857 bits per heavy atom. The highest BCUT2D eigenvalue weighted by atomic mass is 16.1. The average molecular weight is 275 g/mol. The van der Waals surface area contributed by atoms with Crippen molar-refractivity contribution in [1.29, 1.82) is 0 Å². The number of carbonyl (C=O) groups is 1. The van der Waals surface area contributed by atoms with E-state index in [4.69, 9.17) is 0 Å². The van der Waals surface area contributed by atoms with Gasteiger partial charge in [-0.3, -0.25) is 4.79 Å². The minimum Gasteiger partial charge on any atom is -0.328 e. The molecule has 0 aromatic heterocycles. The molecule has 0 atom stereocenters. The quantitative estimate of drug-likeness (QED) is 0.835. The van der Waals surface area contributed by atoms with Crippen molar-refractivity contribution in [3.05, 3.63) is 64.7 Å². The molecule has 1 N–H and O–H groups in total. The predicted molar refractivity (Wildman–Crippen MR) is 84.8 cm³/mol. The van der Waals surface area contributed by atoms with E-state index in [2.05, 4.69) is 47.8 Å². The van der Waals surface area contributed by atoms with E-state index >= 15 is 0 Å². The molecule has 0 heterocycles. The number of fused-ring (bicyclic) bond motifs is 5. The van der Waals surface area contributed by atoms with E-state index in [0.717, 1.165) is 37.8 Å². The summed E-state index contributed by atoms with van der Waals surface area (Å²) in [6, 6.07) is 13.1. The van der Waals surface area contributed by atoms with Gasteiger partial charge in [-0.1, -0.05) is 42.5 Å². The molecule has 4 rings (SSSR count). The summed E-state index contributed by atoms with van der Waals surface area (Å²) in [6.45, 7) is 0. The fraction of sp³-hybridized carbons (Fsp3) is 0.211. The van der Waals surface area contributed by atoms with Gasteiger partial charge < -0.3 is 5.32 Å². The van der Waals surface area contributed by atoms with E-state index in [1.807, 2.05) is 0 Å². The van der Waals surface area contributed by atoms with Gasteiger partial charge in [0.25, 0.3) is 0 Å². The van der Waals surface area contributed by atoms with Gasteiger partial charge in [0.15, 0.2) is 0 Å². The first-order valence-electron chi connectivity index (χ1n) is 7.52. The first-order valence-corrected chi connectivity index (χ1v) is 7.52. The fourth-order valence-corrected chi connectivity index (χ4v) is 3.70. The molecule has 2 heteroatoms. The van der Waals surface area contributed by atoms with Gasteiger partial charge in [-0.05, 0) is 53.5 Å². The van der Waals surface area contributed by atoms with E-state index in [-0.39, 0.29) is 0 Å². The third-order valence-corrected chi connectivity index (χ3v) is 4.63. The van der Waals surface area contributed by atoms with Crippen LogP contribution in [-0.4, -0.2) is 6.41 Å². The summed E-state index contributed by atoms with van der Waals surface area (Å²) in [5, 5.41) is 2.85. The molecular weight excluding hydrogens is 258 g/mol. The molecule has 0 spiro atoms. The summed E-state index contributed by atoms with van der Waals surface area (Å²) in [7, 11) is 0. The lowest BCUT2D eigenvalue weighted by Crippen LogP contribution is -2.17. The van der Waals surface area contributed by atoms with Crippen molar-refractivity contribution in [3.63, 3.8) is 0 Å². The van der Waals surface area contributed by atoms with Crippen molar-refractivity contribution in [2.24, 2.45) is 0 Å². The SMILES string of the molecule is O=CNC1=CCCc2c1ccc1c2CCc2ccccc2-1. The Kier molecular flexibility index (Phi) is 2.88. The Balaban J connectivity index is 1.90. The second-order valence-electron chi connectivity index (χ2n) is 5.69. The maximum absolute atomic E-state index is 10.8. The van der Waals surface area contributed by atoms with Crippen molar-refractivity contribution in [2.75, 3.05) is 0 Å². The number of hydrogen-bond acceptors (Lipinski definition) is 1. The number of allylic oxidation sites excluding steroid dienone is 1. The molecule has 0 saturated carbocycles. The number of carbonyl (C=O) groups excluding carboxylic acids is 1. The molecule has 0 aliphatic heterocycles. The number of benzene rings is 2. The second kappa shape index (κ2) is 4.88. The molecular formula is C19H17NO. The van der Waals surface area contributed by atoms with E-state index in [1.54, 1.807) is 0 Å². The highest BCUT2D eigenvalue weighted by molar-refractivity contribution is 5.82. The Labute approximate surface area is 124 Å². The predicted octanol–water partition coefficient (Wildman–Crippen LogP) is 3.49. The third-order valence-electron chi connectivity index (χ3n) is 4.63. The molecule has 0 saturated heterocycles. The molecule has 2 aliphatic carbocycles. The molecule has 104 valence electrons. The van der Waals surface area contributed by atoms with Crippen LogP contribution in [0.15, 0.2) is 42.5 Å².